The number of thiophene rings is 1. The maximum Gasteiger partial charge on any atom is 0.341 e. The van der Waals surface area contributed by atoms with Crippen LogP contribution in [-0.2, 0) is 17.6 Å². The topological polar surface area (TPSA) is 81.4 Å². The molecule has 0 bridgehead atoms. The number of aromatic nitrogens is 1. The normalized spacial score (nSPS) is 16.4. The van der Waals surface area contributed by atoms with Crippen LogP contribution in [0.4, 0.5) is 5.00 Å². The summed E-state index contributed by atoms with van der Waals surface area (Å²) in [6, 6.07) is 0. The van der Waals surface area contributed by atoms with Gasteiger partial charge in [0.1, 0.15) is 10.8 Å². The molecule has 3 rings (SSSR count). The third-order valence-corrected chi connectivity index (χ3v) is 5.72. The van der Waals surface area contributed by atoms with E-state index in [0.29, 0.717) is 22.2 Å². The molecule has 0 saturated carbocycles. The van der Waals surface area contributed by atoms with E-state index in [1.165, 1.54) is 11.3 Å². The van der Waals surface area contributed by atoms with Crippen molar-refractivity contribution in [2.24, 2.45) is 5.92 Å². The van der Waals surface area contributed by atoms with Crippen LogP contribution in [0.1, 0.15) is 62.9 Å². The maximum atomic E-state index is 12.7. The number of nitrogens with one attached hydrogen (secondary N) is 1. The SMILES string of the molecule is CCOC(=O)c1c(NC(=O)c2noc3c2C[C@@H](C)CC3)sc(C)c1C. The molecule has 1 aliphatic carbocycles. The van der Waals surface area contributed by atoms with Crippen LogP contribution in [0.3, 0.4) is 0 Å². The molecule has 0 spiro atoms. The first kappa shape index (κ1) is 17.7. The zero-order valence-electron chi connectivity index (χ0n) is 14.9. The van der Waals surface area contributed by atoms with Crippen LogP contribution >= 0.6 is 11.3 Å². The molecular weight excluding hydrogens is 340 g/mol. The molecule has 0 unspecified atom stereocenters. The van der Waals surface area contributed by atoms with Gasteiger partial charge in [0.2, 0.25) is 0 Å². The van der Waals surface area contributed by atoms with Crippen LogP contribution in [0, 0.1) is 19.8 Å². The second-order valence-corrected chi connectivity index (χ2v) is 7.67. The van der Waals surface area contributed by atoms with Gasteiger partial charge in [0.25, 0.3) is 5.91 Å². The van der Waals surface area contributed by atoms with Gasteiger partial charge in [-0.2, -0.15) is 0 Å². The van der Waals surface area contributed by atoms with E-state index in [4.69, 9.17) is 9.26 Å². The second kappa shape index (κ2) is 7.00. The van der Waals surface area contributed by atoms with Crippen molar-refractivity contribution in [2.45, 2.75) is 47.0 Å². The number of esters is 1. The summed E-state index contributed by atoms with van der Waals surface area (Å²) in [5.74, 6) is 0.536. The first-order valence-corrected chi connectivity index (χ1v) is 9.29. The van der Waals surface area contributed by atoms with E-state index in [-0.39, 0.29) is 12.5 Å². The van der Waals surface area contributed by atoms with Gasteiger partial charge in [-0.05, 0) is 45.1 Å². The fourth-order valence-corrected chi connectivity index (χ4v) is 4.13. The molecule has 25 heavy (non-hydrogen) atoms. The van der Waals surface area contributed by atoms with Gasteiger partial charge in [-0.3, -0.25) is 4.79 Å². The van der Waals surface area contributed by atoms with Crippen molar-refractivity contribution in [1.82, 2.24) is 5.16 Å². The first-order chi connectivity index (χ1) is 11.9. The zero-order chi connectivity index (χ0) is 18.1. The Morgan fingerprint density at radius 2 is 2.16 bits per heavy atom. The minimum atomic E-state index is -0.421. The molecule has 7 heteroatoms. The van der Waals surface area contributed by atoms with Crippen molar-refractivity contribution < 1.29 is 18.8 Å². The number of hydrogen-bond acceptors (Lipinski definition) is 6. The Kier molecular flexibility index (Phi) is 4.94. The number of fused-ring (bicyclic) bond motifs is 1. The number of anilines is 1. The molecule has 1 N–H and O–H groups in total. The predicted octanol–water partition coefficient (Wildman–Crippen LogP) is 3.91. The number of ether oxygens (including phenoxy) is 1. The Morgan fingerprint density at radius 1 is 1.40 bits per heavy atom. The third kappa shape index (κ3) is 3.33. The molecule has 134 valence electrons. The van der Waals surface area contributed by atoms with Crippen molar-refractivity contribution in [3.63, 3.8) is 0 Å². The number of carbonyl (C=O) groups excluding carboxylic acids is 2. The molecule has 2 aromatic heterocycles. The quantitative estimate of drug-likeness (QED) is 0.834. The molecule has 1 amide bonds. The number of aryl methyl sites for hydroxylation is 2. The van der Waals surface area contributed by atoms with E-state index in [0.717, 1.165) is 41.0 Å². The number of rotatable bonds is 4. The molecule has 0 fully saturated rings. The third-order valence-electron chi connectivity index (χ3n) is 4.59. The van der Waals surface area contributed by atoms with Gasteiger partial charge < -0.3 is 14.6 Å². The Balaban J connectivity index is 1.89. The highest BCUT2D eigenvalue weighted by atomic mass is 32.1. The second-order valence-electron chi connectivity index (χ2n) is 6.44. The lowest BCUT2D eigenvalue weighted by atomic mass is 9.88. The van der Waals surface area contributed by atoms with Gasteiger partial charge in [0.15, 0.2) is 5.69 Å². The molecule has 0 radical (unpaired) electrons. The minimum absolute atomic E-state index is 0.287. The molecule has 6 nitrogen and oxygen atoms in total. The monoisotopic (exact) mass is 362 g/mol. The summed E-state index contributed by atoms with van der Waals surface area (Å²) in [6.07, 6.45) is 2.64. The molecular formula is C18H22N2O4S. The fourth-order valence-electron chi connectivity index (χ4n) is 3.08. The summed E-state index contributed by atoms with van der Waals surface area (Å²) in [6.45, 7) is 7.97. The van der Waals surface area contributed by atoms with Crippen molar-refractivity contribution in [3.8, 4) is 0 Å². The largest absolute Gasteiger partial charge is 0.462 e. The summed E-state index contributed by atoms with van der Waals surface area (Å²) in [4.78, 5) is 25.9. The highest BCUT2D eigenvalue weighted by Crippen LogP contribution is 2.34. The molecule has 0 aliphatic heterocycles. The van der Waals surface area contributed by atoms with E-state index in [1.807, 2.05) is 13.8 Å². The summed E-state index contributed by atoms with van der Waals surface area (Å²) < 4.78 is 10.5. The Bertz CT molecular complexity index is 821. The van der Waals surface area contributed by atoms with Crippen LogP contribution in [-0.4, -0.2) is 23.6 Å². The number of nitrogens with zero attached hydrogens (tertiary/aromatic N) is 1. The summed E-state index contributed by atoms with van der Waals surface area (Å²) >= 11 is 1.37. The molecule has 1 aliphatic rings. The van der Waals surface area contributed by atoms with Crippen LogP contribution in [0.25, 0.3) is 0 Å². The molecule has 1 atom stereocenters. The molecule has 2 heterocycles. The van der Waals surface area contributed by atoms with Crippen LogP contribution in [0.5, 0.6) is 0 Å². The Labute approximate surface area is 150 Å². The number of carbonyl (C=O) groups is 2. The predicted molar refractivity (Wildman–Crippen MR) is 95.4 cm³/mol. The van der Waals surface area contributed by atoms with E-state index < -0.39 is 5.97 Å². The zero-order valence-corrected chi connectivity index (χ0v) is 15.7. The van der Waals surface area contributed by atoms with Gasteiger partial charge >= 0.3 is 5.97 Å². The van der Waals surface area contributed by atoms with Crippen molar-refractivity contribution in [2.75, 3.05) is 11.9 Å². The van der Waals surface area contributed by atoms with E-state index >= 15 is 0 Å². The molecule has 0 saturated heterocycles. The lowest BCUT2D eigenvalue weighted by Crippen LogP contribution is -2.19. The van der Waals surface area contributed by atoms with Crippen LogP contribution in [0.2, 0.25) is 0 Å². The fraction of sp³-hybridized carbons (Fsp3) is 0.500. The minimum Gasteiger partial charge on any atom is -0.462 e. The van der Waals surface area contributed by atoms with Gasteiger partial charge in [-0.1, -0.05) is 12.1 Å². The maximum absolute atomic E-state index is 12.7. The van der Waals surface area contributed by atoms with E-state index in [9.17, 15) is 9.59 Å². The van der Waals surface area contributed by atoms with Crippen LogP contribution in [0.15, 0.2) is 4.52 Å². The summed E-state index contributed by atoms with van der Waals surface area (Å²) in [7, 11) is 0. The molecule has 2 aromatic rings. The number of hydrogen-bond donors (Lipinski definition) is 1. The average molecular weight is 362 g/mol. The van der Waals surface area contributed by atoms with Crippen molar-refractivity contribution >= 4 is 28.2 Å². The van der Waals surface area contributed by atoms with Crippen molar-refractivity contribution in [1.29, 1.82) is 0 Å². The van der Waals surface area contributed by atoms with Crippen LogP contribution < -0.4 is 5.32 Å². The molecule has 0 aromatic carbocycles. The van der Waals surface area contributed by atoms with Gasteiger partial charge in [0, 0.05) is 16.9 Å². The van der Waals surface area contributed by atoms with Crippen molar-refractivity contribution in [3.05, 3.63) is 33.0 Å². The van der Waals surface area contributed by atoms with Gasteiger partial charge in [-0.25, -0.2) is 4.79 Å². The lowest BCUT2D eigenvalue weighted by molar-refractivity contribution is 0.0527. The highest BCUT2D eigenvalue weighted by Gasteiger charge is 2.29. The summed E-state index contributed by atoms with van der Waals surface area (Å²) in [5.41, 5.74) is 2.46. The van der Waals surface area contributed by atoms with Gasteiger partial charge in [0.05, 0.1) is 12.2 Å². The smallest absolute Gasteiger partial charge is 0.341 e. The van der Waals surface area contributed by atoms with E-state index in [1.54, 1.807) is 6.92 Å². The highest BCUT2D eigenvalue weighted by molar-refractivity contribution is 7.16. The Morgan fingerprint density at radius 3 is 2.88 bits per heavy atom. The van der Waals surface area contributed by atoms with E-state index in [2.05, 4.69) is 17.4 Å². The standard InChI is InChI=1S/C18H22N2O4S/c1-5-23-18(22)14-10(3)11(4)25-17(14)19-16(21)15-12-8-9(2)6-7-13(12)24-20-15/h9H,5-8H2,1-4H3,(H,19,21)/t9-/m0/s1. The average Bonchev–Trinajstić information content (AvgIpc) is 3.09. The lowest BCUT2D eigenvalue weighted by Gasteiger charge is -2.16. The first-order valence-electron chi connectivity index (χ1n) is 8.48. The summed E-state index contributed by atoms with van der Waals surface area (Å²) in [5, 5.41) is 7.30. The van der Waals surface area contributed by atoms with Gasteiger partial charge in [-0.15, -0.1) is 11.3 Å². The Hall–Kier alpha value is -2.15. The number of amides is 1.